The summed E-state index contributed by atoms with van der Waals surface area (Å²) >= 11 is 1.09. The molecule has 3 aromatic rings. The number of rotatable bonds is 8. The summed E-state index contributed by atoms with van der Waals surface area (Å²) in [5.74, 6) is -0.235. The highest BCUT2D eigenvalue weighted by atomic mass is 32.1. The molecule has 1 amide bonds. The molecule has 35 heavy (non-hydrogen) atoms. The van der Waals surface area contributed by atoms with E-state index in [1.165, 1.54) is 31.6 Å². The molecule has 188 valence electrons. The van der Waals surface area contributed by atoms with Gasteiger partial charge in [0.15, 0.2) is 0 Å². The second-order valence-corrected chi connectivity index (χ2v) is 9.26. The van der Waals surface area contributed by atoms with Crippen LogP contribution in [0.4, 0.5) is 24.7 Å². The third kappa shape index (κ3) is 6.51. The van der Waals surface area contributed by atoms with Crippen molar-refractivity contribution in [3.63, 3.8) is 0 Å². The van der Waals surface area contributed by atoms with E-state index in [1.807, 2.05) is 19.0 Å². The first kappa shape index (κ1) is 26.5. The molecule has 2 unspecified atom stereocenters. The second kappa shape index (κ2) is 10.6. The van der Waals surface area contributed by atoms with Crippen LogP contribution in [0.15, 0.2) is 30.7 Å². The topological polar surface area (TPSA) is 129 Å². The van der Waals surface area contributed by atoms with E-state index in [0.29, 0.717) is 22.8 Å². The average Bonchev–Trinajstić information content (AvgIpc) is 3.24. The van der Waals surface area contributed by atoms with Crippen molar-refractivity contribution in [3.8, 4) is 0 Å². The van der Waals surface area contributed by atoms with Crippen LogP contribution in [0.5, 0.6) is 0 Å². The maximum absolute atomic E-state index is 12.9. The minimum Gasteiger partial charge on any atom is -0.383 e. The molecular formula is C22H26F3N7O2S. The number of hydrogen-bond donors (Lipinski definition) is 4. The number of nitrogen functional groups attached to an aromatic ring is 1. The fourth-order valence-electron chi connectivity index (χ4n) is 3.39. The zero-order valence-electron chi connectivity index (χ0n) is 19.5. The molecule has 2 aromatic heterocycles. The number of aliphatic hydroxyl groups is 1. The van der Waals surface area contributed by atoms with Gasteiger partial charge < -0.3 is 21.1 Å². The lowest BCUT2D eigenvalue weighted by Gasteiger charge is -2.21. The van der Waals surface area contributed by atoms with E-state index in [9.17, 15) is 23.1 Å². The van der Waals surface area contributed by atoms with Crippen LogP contribution in [0, 0.1) is 6.92 Å². The maximum Gasteiger partial charge on any atom is 0.416 e. The van der Waals surface area contributed by atoms with Crippen LogP contribution in [-0.4, -0.2) is 45.0 Å². The molecular weight excluding hydrogens is 483 g/mol. The summed E-state index contributed by atoms with van der Waals surface area (Å²) in [6.07, 6.45) is -2.98. The van der Waals surface area contributed by atoms with E-state index in [-0.39, 0.29) is 21.9 Å². The minimum atomic E-state index is -4.46. The van der Waals surface area contributed by atoms with Crippen molar-refractivity contribution in [2.75, 3.05) is 25.1 Å². The van der Waals surface area contributed by atoms with Crippen LogP contribution in [0.1, 0.15) is 56.3 Å². The van der Waals surface area contributed by atoms with Crippen LogP contribution in [-0.2, 0) is 12.7 Å². The molecule has 0 saturated heterocycles. The summed E-state index contributed by atoms with van der Waals surface area (Å²) < 4.78 is 38.8. The molecule has 0 aliphatic heterocycles. The Kier molecular flexibility index (Phi) is 8.05. The highest BCUT2D eigenvalue weighted by molar-refractivity contribution is 7.13. The maximum atomic E-state index is 12.9. The van der Waals surface area contributed by atoms with E-state index in [2.05, 4.69) is 25.6 Å². The van der Waals surface area contributed by atoms with Gasteiger partial charge in [0, 0.05) is 17.8 Å². The fraction of sp³-hybridized carbons (Fsp3) is 0.364. The van der Waals surface area contributed by atoms with Gasteiger partial charge in [-0.15, -0.1) is 11.3 Å². The molecule has 5 N–H and O–H groups in total. The summed E-state index contributed by atoms with van der Waals surface area (Å²) in [5.41, 5.74) is 6.38. The average molecular weight is 510 g/mol. The monoisotopic (exact) mass is 509 g/mol. The third-order valence-electron chi connectivity index (χ3n) is 5.06. The number of aliphatic hydroxyl groups excluding tert-OH is 1. The molecule has 0 aliphatic rings. The number of nitrogens with zero attached hydrogens (tertiary/aromatic N) is 4. The van der Waals surface area contributed by atoms with Crippen LogP contribution in [0.3, 0.4) is 0 Å². The standard InChI is InChI=1S/C22H26F3N7O2S/c1-11-7-13(5-6-15(11)22(23,24)25)31-19(33)16-8-27-21(35-16)12(2)30-20(34)17-14(9-32(3)4)18(26)29-10-28-17/h5-8,10,12,20,30,34H,9H2,1-4H3,(H,31,33)(H2,26,28,29). The van der Waals surface area contributed by atoms with Crippen LogP contribution >= 0.6 is 11.3 Å². The Hall–Kier alpha value is -3.13. The molecule has 0 fully saturated rings. The second-order valence-electron chi connectivity index (χ2n) is 8.20. The third-order valence-corrected chi connectivity index (χ3v) is 6.24. The number of alkyl halides is 3. The first-order valence-corrected chi connectivity index (χ1v) is 11.3. The molecule has 0 radical (unpaired) electrons. The van der Waals surface area contributed by atoms with Crippen LogP contribution in [0.25, 0.3) is 0 Å². The van der Waals surface area contributed by atoms with Crippen LogP contribution < -0.4 is 16.4 Å². The van der Waals surface area contributed by atoms with Crippen LogP contribution in [0.2, 0.25) is 0 Å². The number of nitrogens with two attached hydrogens (primary N) is 1. The SMILES string of the molecule is Cc1cc(NC(=O)c2cnc(C(C)NC(O)c3ncnc(N)c3CN(C)C)s2)ccc1C(F)(F)F. The lowest BCUT2D eigenvalue weighted by molar-refractivity contribution is -0.138. The molecule has 0 bridgehead atoms. The van der Waals surface area contributed by atoms with Gasteiger partial charge in [0.2, 0.25) is 0 Å². The molecule has 0 spiro atoms. The van der Waals surface area contributed by atoms with Gasteiger partial charge in [0.25, 0.3) is 5.91 Å². The van der Waals surface area contributed by atoms with E-state index in [4.69, 9.17) is 5.73 Å². The highest BCUT2D eigenvalue weighted by Crippen LogP contribution is 2.33. The Balaban J connectivity index is 1.69. The molecule has 1 aromatic carbocycles. The highest BCUT2D eigenvalue weighted by Gasteiger charge is 2.32. The van der Waals surface area contributed by atoms with Crippen molar-refractivity contribution >= 4 is 28.7 Å². The first-order chi connectivity index (χ1) is 16.4. The molecule has 2 heterocycles. The quantitative estimate of drug-likeness (QED) is 0.340. The van der Waals surface area contributed by atoms with E-state index in [1.54, 1.807) is 6.92 Å². The number of amides is 1. The smallest absolute Gasteiger partial charge is 0.383 e. The summed E-state index contributed by atoms with van der Waals surface area (Å²) in [7, 11) is 3.71. The van der Waals surface area contributed by atoms with E-state index >= 15 is 0 Å². The predicted molar refractivity (Wildman–Crippen MR) is 127 cm³/mol. The van der Waals surface area contributed by atoms with Gasteiger partial charge in [-0.3, -0.25) is 10.1 Å². The van der Waals surface area contributed by atoms with Crippen molar-refractivity contribution in [1.29, 1.82) is 0 Å². The number of thiazole rings is 1. The molecule has 3 rings (SSSR count). The lowest BCUT2D eigenvalue weighted by atomic mass is 10.1. The molecule has 0 aliphatic carbocycles. The predicted octanol–water partition coefficient (Wildman–Crippen LogP) is 3.50. The van der Waals surface area contributed by atoms with Gasteiger partial charge in [-0.2, -0.15) is 13.2 Å². The van der Waals surface area contributed by atoms with Crippen molar-refractivity contribution < 1.29 is 23.1 Å². The largest absolute Gasteiger partial charge is 0.416 e. The number of aryl methyl sites for hydroxylation is 1. The van der Waals surface area contributed by atoms with Gasteiger partial charge in [0.1, 0.15) is 28.3 Å². The summed E-state index contributed by atoms with van der Waals surface area (Å²) in [4.78, 5) is 27.1. The number of carbonyl (C=O) groups is 1. The number of anilines is 2. The van der Waals surface area contributed by atoms with Crippen molar-refractivity contribution in [1.82, 2.24) is 25.2 Å². The van der Waals surface area contributed by atoms with Gasteiger partial charge >= 0.3 is 6.18 Å². The number of hydrogen-bond acceptors (Lipinski definition) is 9. The summed E-state index contributed by atoms with van der Waals surface area (Å²) in [5, 5.41) is 16.8. The number of benzene rings is 1. The Labute approximate surface area is 204 Å². The zero-order chi connectivity index (χ0) is 25.9. The Morgan fingerprint density at radius 3 is 2.60 bits per heavy atom. The number of aromatic nitrogens is 3. The summed E-state index contributed by atoms with van der Waals surface area (Å²) in [6, 6.07) is 2.95. The Morgan fingerprint density at radius 1 is 1.26 bits per heavy atom. The first-order valence-electron chi connectivity index (χ1n) is 10.5. The van der Waals surface area contributed by atoms with Crippen molar-refractivity contribution in [2.45, 2.75) is 38.8 Å². The molecule has 0 saturated carbocycles. The zero-order valence-corrected chi connectivity index (χ0v) is 20.3. The lowest BCUT2D eigenvalue weighted by Crippen LogP contribution is -2.27. The van der Waals surface area contributed by atoms with Crippen molar-refractivity contribution in [3.05, 3.63) is 63.0 Å². The molecule has 13 heteroatoms. The summed E-state index contributed by atoms with van der Waals surface area (Å²) in [6.45, 7) is 3.52. The van der Waals surface area contributed by atoms with Gasteiger partial charge in [-0.25, -0.2) is 15.0 Å². The number of nitrogens with one attached hydrogen (secondary N) is 2. The van der Waals surface area contributed by atoms with Gasteiger partial charge in [-0.05, 0) is 51.7 Å². The van der Waals surface area contributed by atoms with E-state index < -0.39 is 29.9 Å². The Bertz CT molecular complexity index is 1200. The van der Waals surface area contributed by atoms with E-state index in [0.717, 1.165) is 17.4 Å². The normalized spacial score (nSPS) is 13.6. The molecule has 9 nitrogen and oxygen atoms in total. The number of halogens is 3. The number of carbonyl (C=O) groups excluding carboxylic acids is 1. The molecule has 2 atom stereocenters. The Morgan fingerprint density at radius 2 is 1.97 bits per heavy atom. The fourth-order valence-corrected chi connectivity index (χ4v) is 4.21. The van der Waals surface area contributed by atoms with Gasteiger partial charge in [-0.1, -0.05) is 0 Å². The minimum absolute atomic E-state index is 0.00565. The van der Waals surface area contributed by atoms with Crippen molar-refractivity contribution in [2.24, 2.45) is 0 Å². The van der Waals surface area contributed by atoms with Gasteiger partial charge in [0.05, 0.1) is 23.5 Å².